The van der Waals surface area contributed by atoms with Crippen LogP contribution in [0.4, 0.5) is 18.9 Å². The highest BCUT2D eigenvalue weighted by atomic mass is 79.9. The number of anilines is 1. The smallest absolute Gasteiger partial charge is 0.405 e. The van der Waals surface area contributed by atoms with E-state index in [1.807, 2.05) is 0 Å². The van der Waals surface area contributed by atoms with Crippen molar-refractivity contribution in [2.24, 2.45) is 0 Å². The summed E-state index contributed by atoms with van der Waals surface area (Å²) in [7, 11) is 1.75. The monoisotopic (exact) mass is 366 g/mol. The summed E-state index contributed by atoms with van der Waals surface area (Å²) in [6, 6.07) is 4.38. The van der Waals surface area contributed by atoms with Crippen LogP contribution >= 0.6 is 15.9 Å². The predicted octanol–water partition coefficient (Wildman–Crippen LogP) is 3.38. The molecule has 8 heteroatoms. The number of alkyl halides is 3. The molecule has 0 heterocycles. The predicted molar refractivity (Wildman–Crippen MR) is 75.1 cm³/mol. The van der Waals surface area contributed by atoms with E-state index in [-0.39, 0.29) is 22.7 Å². The van der Waals surface area contributed by atoms with Gasteiger partial charge in [0.15, 0.2) is 0 Å². The summed E-state index contributed by atoms with van der Waals surface area (Å²) in [4.78, 5) is 13.5. The fourth-order valence-electron chi connectivity index (χ4n) is 1.79. The molecule has 1 saturated carbocycles. The standard InChI is InChI=1S/C13H14BrF3N2O2/c1-19(9-3-4-9)12(20)7-18-8-2-5-11(10(14)6-8)21-13(15,16)17/h2,5-6,9,18H,3-4,7H2,1H3. The van der Waals surface area contributed by atoms with Crippen molar-refractivity contribution in [3.05, 3.63) is 22.7 Å². The van der Waals surface area contributed by atoms with Crippen LogP contribution in [0.3, 0.4) is 0 Å². The lowest BCUT2D eigenvalue weighted by Gasteiger charge is -2.17. The third-order valence-electron chi connectivity index (χ3n) is 3.09. The zero-order chi connectivity index (χ0) is 15.6. The van der Waals surface area contributed by atoms with E-state index in [2.05, 4.69) is 26.0 Å². The van der Waals surface area contributed by atoms with E-state index in [0.717, 1.165) is 12.8 Å². The number of carbonyl (C=O) groups excluding carboxylic acids is 1. The lowest BCUT2D eigenvalue weighted by atomic mass is 10.3. The van der Waals surface area contributed by atoms with Crippen LogP contribution in [0.5, 0.6) is 5.75 Å². The van der Waals surface area contributed by atoms with E-state index in [4.69, 9.17) is 0 Å². The molecule has 1 aliphatic rings. The third kappa shape index (κ3) is 4.80. The van der Waals surface area contributed by atoms with E-state index in [0.29, 0.717) is 11.7 Å². The average molecular weight is 367 g/mol. The van der Waals surface area contributed by atoms with E-state index < -0.39 is 6.36 Å². The van der Waals surface area contributed by atoms with Crippen LogP contribution in [-0.4, -0.2) is 36.8 Å². The normalized spacial score (nSPS) is 14.7. The Morgan fingerprint density at radius 1 is 1.48 bits per heavy atom. The Labute approximate surface area is 128 Å². The van der Waals surface area contributed by atoms with Gasteiger partial charge in [-0.1, -0.05) is 0 Å². The first-order valence-corrected chi connectivity index (χ1v) is 7.10. The number of hydrogen-bond donors (Lipinski definition) is 1. The van der Waals surface area contributed by atoms with Gasteiger partial charge >= 0.3 is 6.36 Å². The maximum Gasteiger partial charge on any atom is 0.573 e. The van der Waals surface area contributed by atoms with Crippen LogP contribution in [0.25, 0.3) is 0 Å². The molecule has 0 aliphatic heterocycles. The Morgan fingerprint density at radius 3 is 2.67 bits per heavy atom. The molecule has 0 bridgehead atoms. The number of nitrogens with one attached hydrogen (secondary N) is 1. The zero-order valence-electron chi connectivity index (χ0n) is 11.2. The summed E-state index contributed by atoms with van der Waals surface area (Å²) in [6.45, 7) is 0.0961. The molecule has 1 fully saturated rings. The molecule has 0 aromatic heterocycles. The van der Waals surface area contributed by atoms with Gasteiger partial charge in [-0.05, 0) is 47.0 Å². The molecule has 21 heavy (non-hydrogen) atoms. The summed E-state index contributed by atoms with van der Waals surface area (Å²) in [5.41, 5.74) is 0.536. The molecular formula is C13H14BrF3N2O2. The molecule has 1 aromatic carbocycles. The summed E-state index contributed by atoms with van der Waals surface area (Å²) in [5, 5.41) is 2.88. The van der Waals surface area contributed by atoms with E-state index in [9.17, 15) is 18.0 Å². The molecule has 1 amide bonds. The molecule has 1 aromatic rings. The van der Waals surface area contributed by atoms with Gasteiger partial charge in [0.25, 0.3) is 0 Å². The number of halogens is 4. The van der Waals surface area contributed by atoms with Gasteiger partial charge < -0.3 is 15.0 Å². The highest BCUT2D eigenvalue weighted by Gasteiger charge is 2.32. The summed E-state index contributed by atoms with van der Waals surface area (Å²) >= 11 is 3.01. The maximum atomic E-state index is 12.1. The van der Waals surface area contributed by atoms with E-state index in [1.54, 1.807) is 11.9 Å². The van der Waals surface area contributed by atoms with Gasteiger partial charge in [-0.25, -0.2) is 0 Å². The second kappa shape index (κ2) is 6.13. The molecule has 116 valence electrons. The summed E-state index contributed by atoms with van der Waals surface area (Å²) in [5.74, 6) is -0.376. The fourth-order valence-corrected chi connectivity index (χ4v) is 2.25. The highest BCUT2D eigenvalue weighted by Crippen LogP contribution is 2.32. The van der Waals surface area contributed by atoms with E-state index in [1.165, 1.54) is 18.2 Å². The van der Waals surface area contributed by atoms with Crippen LogP contribution in [-0.2, 0) is 4.79 Å². The Bertz CT molecular complexity index is 533. The molecule has 1 aliphatic carbocycles. The SMILES string of the molecule is CN(C(=O)CNc1ccc(OC(F)(F)F)c(Br)c1)C1CC1. The van der Waals surface area contributed by atoms with Crippen LogP contribution < -0.4 is 10.1 Å². The summed E-state index contributed by atoms with van der Waals surface area (Å²) in [6.07, 6.45) is -2.69. The number of ether oxygens (including phenoxy) is 1. The number of nitrogens with zero attached hydrogens (tertiary/aromatic N) is 1. The van der Waals surface area contributed by atoms with Gasteiger partial charge in [0.05, 0.1) is 11.0 Å². The van der Waals surface area contributed by atoms with Gasteiger partial charge in [0, 0.05) is 18.8 Å². The van der Waals surface area contributed by atoms with Gasteiger partial charge in [-0.2, -0.15) is 0 Å². The topological polar surface area (TPSA) is 41.6 Å². The molecule has 4 nitrogen and oxygen atoms in total. The van der Waals surface area contributed by atoms with Crippen LogP contribution in [0.15, 0.2) is 22.7 Å². The quantitative estimate of drug-likeness (QED) is 0.868. The first-order chi connectivity index (χ1) is 9.76. The molecule has 0 radical (unpaired) electrons. The van der Waals surface area contributed by atoms with Crippen LogP contribution in [0.1, 0.15) is 12.8 Å². The Hall–Kier alpha value is -1.44. The van der Waals surface area contributed by atoms with Crippen molar-refractivity contribution in [2.75, 3.05) is 18.9 Å². The number of benzene rings is 1. The third-order valence-corrected chi connectivity index (χ3v) is 3.71. The van der Waals surface area contributed by atoms with E-state index >= 15 is 0 Å². The Balaban J connectivity index is 1.92. The number of likely N-dealkylation sites (N-methyl/N-ethyl adjacent to an activating group) is 1. The van der Waals surface area contributed by atoms with Gasteiger partial charge in [-0.15, -0.1) is 13.2 Å². The minimum absolute atomic E-state index is 0.0516. The van der Waals surface area contributed by atoms with Crippen molar-refractivity contribution in [2.45, 2.75) is 25.2 Å². The lowest BCUT2D eigenvalue weighted by molar-refractivity contribution is -0.274. The maximum absolute atomic E-state index is 12.1. The van der Waals surface area contributed by atoms with Crippen molar-refractivity contribution in [3.63, 3.8) is 0 Å². The van der Waals surface area contributed by atoms with Gasteiger partial charge in [0.1, 0.15) is 5.75 Å². The minimum atomic E-state index is -4.74. The van der Waals surface area contributed by atoms with Gasteiger partial charge in [-0.3, -0.25) is 4.79 Å². The van der Waals surface area contributed by atoms with Crippen molar-refractivity contribution in [3.8, 4) is 5.75 Å². The largest absolute Gasteiger partial charge is 0.573 e. The molecule has 0 saturated heterocycles. The number of hydrogen-bond acceptors (Lipinski definition) is 3. The molecule has 1 N–H and O–H groups in total. The molecule has 0 spiro atoms. The number of carbonyl (C=O) groups is 1. The van der Waals surface area contributed by atoms with Gasteiger partial charge in [0.2, 0.25) is 5.91 Å². The highest BCUT2D eigenvalue weighted by molar-refractivity contribution is 9.10. The number of rotatable bonds is 5. The van der Waals surface area contributed by atoms with Crippen molar-refractivity contribution in [1.82, 2.24) is 4.90 Å². The molecule has 0 unspecified atom stereocenters. The second-order valence-corrected chi connectivity index (χ2v) is 5.64. The van der Waals surface area contributed by atoms with Crippen LogP contribution in [0.2, 0.25) is 0 Å². The average Bonchev–Trinajstić information content (AvgIpc) is 3.21. The molecule has 2 rings (SSSR count). The van der Waals surface area contributed by atoms with Crippen molar-refractivity contribution >= 4 is 27.5 Å². The fraction of sp³-hybridized carbons (Fsp3) is 0.462. The number of amides is 1. The zero-order valence-corrected chi connectivity index (χ0v) is 12.8. The molecule has 0 atom stereocenters. The lowest BCUT2D eigenvalue weighted by Crippen LogP contribution is -2.33. The second-order valence-electron chi connectivity index (χ2n) is 4.78. The first-order valence-electron chi connectivity index (χ1n) is 6.31. The van der Waals surface area contributed by atoms with Crippen LogP contribution in [0, 0.1) is 0 Å². The summed E-state index contributed by atoms with van der Waals surface area (Å²) < 4.78 is 40.4. The van der Waals surface area contributed by atoms with Crippen molar-refractivity contribution in [1.29, 1.82) is 0 Å². The first kappa shape index (κ1) is 15.9. The Morgan fingerprint density at radius 2 is 2.14 bits per heavy atom. The van der Waals surface area contributed by atoms with Crippen molar-refractivity contribution < 1.29 is 22.7 Å². The minimum Gasteiger partial charge on any atom is -0.405 e. The Kier molecular flexibility index (Phi) is 4.65. The molecular weight excluding hydrogens is 353 g/mol.